The van der Waals surface area contributed by atoms with Gasteiger partial charge in [0.15, 0.2) is 6.10 Å². The fraction of sp³-hybridized carbons (Fsp3) is 0.936. The number of hydrogen-bond donors (Lipinski definition) is 1. The van der Waals surface area contributed by atoms with E-state index in [1.807, 2.05) is 4.90 Å². The molecule has 1 heterocycles. The SMILES string of the molecule is CCCCCCCCCCCCCCCCCC(=O)OCC(COC(=O)NC1CN(CC(CF)CF)C1)OC(=O)CCCCCCCCCCCCCCCCC. The first-order valence-electron chi connectivity index (χ1n) is 24.0. The third-order valence-corrected chi connectivity index (χ3v) is 11.3. The largest absolute Gasteiger partial charge is 0.462 e. The molecule has 0 radical (unpaired) electrons. The van der Waals surface area contributed by atoms with Crippen molar-refractivity contribution in [2.45, 2.75) is 231 Å². The second-order valence-electron chi connectivity index (χ2n) is 17.0. The summed E-state index contributed by atoms with van der Waals surface area (Å²) in [5, 5.41) is 2.75. The smallest absolute Gasteiger partial charge is 0.407 e. The maximum atomic E-state index is 12.9. The molecule has 0 bridgehead atoms. The molecule has 0 spiro atoms. The van der Waals surface area contributed by atoms with Crippen LogP contribution in [-0.4, -0.2) is 81.3 Å². The zero-order chi connectivity index (χ0) is 41.4. The predicted octanol–water partition coefficient (Wildman–Crippen LogP) is 12.9. The van der Waals surface area contributed by atoms with Gasteiger partial charge >= 0.3 is 18.0 Å². The van der Waals surface area contributed by atoms with Crippen molar-refractivity contribution in [3.63, 3.8) is 0 Å². The van der Waals surface area contributed by atoms with Crippen LogP contribution < -0.4 is 5.32 Å². The van der Waals surface area contributed by atoms with Crippen LogP contribution in [0.3, 0.4) is 0 Å². The Morgan fingerprint density at radius 1 is 0.526 bits per heavy atom. The van der Waals surface area contributed by atoms with Gasteiger partial charge in [0, 0.05) is 38.4 Å². The zero-order valence-electron chi connectivity index (χ0n) is 37.0. The molecule has 0 aliphatic carbocycles. The number of esters is 2. The van der Waals surface area contributed by atoms with Crippen LogP contribution in [0.15, 0.2) is 0 Å². The maximum Gasteiger partial charge on any atom is 0.407 e. The number of rotatable bonds is 42. The Morgan fingerprint density at radius 3 is 1.26 bits per heavy atom. The molecule has 0 aromatic heterocycles. The van der Waals surface area contributed by atoms with Gasteiger partial charge in [-0.2, -0.15) is 0 Å². The van der Waals surface area contributed by atoms with Crippen LogP contribution in [0.2, 0.25) is 0 Å². The van der Waals surface area contributed by atoms with Gasteiger partial charge in [0.25, 0.3) is 0 Å². The van der Waals surface area contributed by atoms with Crippen molar-refractivity contribution in [3.8, 4) is 0 Å². The summed E-state index contributed by atoms with van der Waals surface area (Å²) in [7, 11) is 0. The lowest BCUT2D eigenvalue weighted by atomic mass is 10.0. The fourth-order valence-corrected chi connectivity index (χ4v) is 7.59. The van der Waals surface area contributed by atoms with Crippen LogP contribution in [0.5, 0.6) is 0 Å². The van der Waals surface area contributed by atoms with Gasteiger partial charge in [0.05, 0.1) is 19.4 Å². The minimum Gasteiger partial charge on any atom is -0.462 e. The predicted molar refractivity (Wildman–Crippen MR) is 230 cm³/mol. The second kappa shape index (κ2) is 39.5. The molecule has 1 unspecified atom stereocenters. The number of unbranched alkanes of at least 4 members (excludes halogenated alkanes) is 28. The number of hydrogen-bond acceptors (Lipinski definition) is 7. The van der Waals surface area contributed by atoms with E-state index in [4.69, 9.17) is 14.2 Å². The van der Waals surface area contributed by atoms with Gasteiger partial charge in [-0.3, -0.25) is 23.3 Å². The van der Waals surface area contributed by atoms with E-state index in [9.17, 15) is 23.2 Å². The summed E-state index contributed by atoms with van der Waals surface area (Å²) in [6, 6.07) is -0.184. The summed E-state index contributed by atoms with van der Waals surface area (Å²) < 4.78 is 42.2. The number of carbonyl (C=O) groups excluding carboxylic acids is 3. The molecule has 336 valence electrons. The molecule has 0 saturated carbocycles. The first kappa shape index (κ1) is 53.0. The van der Waals surface area contributed by atoms with E-state index in [1.165, 1.54) is 154 Å². The lowest BCUT2D eigenvalue weighted by Gasteiger charge is -2.40. The minimum absolute atomic E-state index is 0.166. The Balaban J connectivity index is 2.27. The van der Waals surface area contributed by atoms with E-state index in [0.717, 1.165) is 38.5 Å². The molecule has 1 rings (SSSR count). The molecule has 1 aliphatic heterocycles. The Labute approximate surface area is 348 Å². The van der Waals surface area contributed by atoms with Crippen molar-refractivity contribution in [2.24, 2.45) is 5.92 Å². The number of carbonyl (C=O) groups is 3. The Hall–Kier alpha value is -1.97. The van der Waals surface area contributed by atoms with Gasteiger partial charge in [0.2, 0.25) is 0 Å². The minimum atomic E-state index is -0.891. The Morgan fingerprint density at radius 2 is 0.877 bits per heavy atom. The van der Waals surface area contributed by atoms with Crippen LogP contribution in [0.4, 0.5) is 13.6 Å². The van der Waals surface area contributed by atoms with Crippen molar-refractivity contribution < 1.29 is 37.4 Å². The second-order valence-corrected chi connectivity index (χ2v) is 17.0. The van der Waals surface area contributed by atoms with Gasteiger partial charge in [-0.25, -0.2) is 4.79 Å². The van der Waals surface area contributed by atoms with E-state index < -0.39 is 31.5 Å². The van der Waals surface area contributed by atoms with E-state index in [0.29, 0.717) is 26.1 Å². The lowest BCUT2D eigenvalue weighted by molar-refractivity contribution is -0.161. The topological polar surface area (TPSA) is 94.2 Å². The van der Waals surface area contributed by atoms with Crippen LogP contribution in [-0.2, 0) is 23.8 Å². The summed E-state index contributed by atoms with van der Waals surface area (Å²) in [6.45, 7) is 3.98. The molecule has 1 N–H and O–H groups in total. The van der Waals surface area contributed by atoms with Crippen LogP contribution in [0.25, 0.3) is 0 Å². The molecular weight excluding hydrogens is 727 g/mol. The molecule has 57 heavy (non-hydrogen) atoms. The molecule has 0 aromatic carbocycles. The number of amides is 1. The average molecular weight is 815 g/mol. The summed E-state index contributed by atoms with van der Waals surface area (Å²) >= 11 is 0. The summed E-state index contributed by atoms with van der Waals surface area (Å²) in [4.78, 5) is 39.7. The monoisotopic (exact) mass is 815 g/mol. The third-order valence-electron chi connectivity index (χ3n) is 11.3. The van der Waals surface area contributed by atoms with Crippen molar-refractivity contribution in [1.29, 1.82) is 0 Å². The van der Waals surface area contributed by atoms with Crippen LogP contribution in [0, 0.1) is 5.92 Å². The number of ether oxygens (including phenoxy) is 3. The summed E-state index contributed by atoms with van der Waals surface area (Å²) in [6.07, 6.45) is 36.5. The first-order valence-corrected chi connectivity index (χ1v) is 24.0. The molecule has 0 aromatic rings. The Bertz CT molecular complexity index is 934. The van der Waals surface area contributed by atoms with Gasteiger partial charge in [-0.15, -0.1) is 0 Å². The first-order chi connectivity index (χ1) is 27.9. The maximum absolute atomic E-state index is 12.9. The fourth-order valence-electron chi connectivity index (χ4n) is 7.59. The third kappa shape index (κ3) is 33.5. The van der Waals surface area contributed by atoms with Crippen molar-refractivity contribution in [1.82, 2.24) is 10.2 Å². The van der Waals surface area contributed by atoms with Crippen molar-refractivity contribution in [3.05, 3.63) is 0 Å². The molecule has 1 saturated heterocycles. The van der Waals surface area contributed by atoms with Crippen molar-refractivity contribution in [2.75, 3.05) is 46.2 Å². The van der Waals surface area contributed by atoms with Gasteiger partial charge in [0.1, 0.15) is 13.2 Å². The molecular formula is C47H88F2N2O6. The highest BCUT2D eigenvalue weighted by atomic mass is 19.1. The molecule has 10 heteroatoms. The number of halogens is 2. The number of likely N-dealkylation sites (tertiary alicyclic amines) is 1. The van der Waals surface area contributed by atoms with Crippen molar-refractivity contribution >= 4 is 18.0 Å². The average Bonchev–Trinajstić information content (AvgIpc) is 3.19. The standard InChI is InChI=1S/C47H88F2N2O6/c1-3-5-7-9-11-13-15-17-19-21-23-25-27-29-31-33-45(52)55-40-44(41-56-47(54)50-43-38-51(39-43)37-42(35-48)36-49)57-46(53)34-32-30-28-26-24-22-20-18-16-14-12-10-8-6-4-2/h42-44H,3-41H2,1-2H3,(H,50,54). The molecule has 1 atom stereocenters. The highest BCUT2D eigenvalue weighted by Gasteiger charge is 2.30. The quantitative estimate of drug-likeness (QED) is 0.0372. The Kier molecular flexibility index (Phi) is 36.8. The highest BCUT2D eigenvalue weighted by molar-refractivity contribution is 5.70. The van der Waals surface area contributed by atoms with E-state index in [2.05, 4.69) is 19.2 Å². The molecule has 1 amide bonds. The molecule has 1 aliphatic rings. The van der Waals surface area contributed by atoms with Gasteiger partial charge < -0.3 is 19.5 Å². The van der Waals surface area contributed by atoms with Crippen LogP contribution >= 0.6 is 0 Å². The van der Waals surface area contributed by atoms with E-state index >= 15 is 0 Å². The van der Waals surface area contributed by atoms with Gasteiger partial charge in [-0.05, 0) is 12.8 Å². The van der Waals surface area contributed by atoms with Gasteiger partial charge in [-0.1, -0.05) is 194 Å². The van der Waals surface area contributed by atoms with Crippen LogP contribution in [0.1, 0.15) is 219 Å². The normalized spacial score (nSPS) is 13.8. The molecule has 8 nitrogen and oxygen atoms in total. The van der Waals surface area contributed by atoms with E-state index in [-0.39, 0.29) is 37.6 Å². The lowest BCUT2D eigenvalue weighted by Crippen LogP contribution is -2.60. The summed E-state index contributed by atoms with van der Waals surface area (Å²) in [5.74, 6) is -1.38. The zero-order valence-corrected chi connectivity index (χ0v) is 37.0. The van der Waals surface area contributed by atoms with E-state index in [1.54, 1.807) is 0 Å². The number of alkyl carbamates (subject to hydrolysis) is 1. The highest BCUT2D eigenvalue weighted by Crippen LogP contribution is 2.17. The summed E-state index contributed by atoms with van der Waals surface area (Å²) in [5.41, 5.74) is 0. The molecule has 1 fully saturated rings. The number of nitrogens with one attached hydrogen (secondary N) is 1. The number of nitrogens with zero attached hydrogens (tertiary/aromatic N) is 1. The number of alkyl halides is 2.